The van der Waals surface area contributed by atoms with Crippen molar-refractivity contribution < 1.29 is 61.9 Å². The van der Waals surface area contributed by atoms with Crippen LogP contribution >= 0.6 is 0 Å². The number of hydrogen-bond donors (Lipinski definition) is 3. The van der Waals surface area contributed by atoms with E-state index < -0.39 is 66.5 Å². The Balaban J connectivity index is 1.52. The van der Waals surface area contributed by atoms with Gasteiger partial charge in [0.05, 0.1) is 36.9 Å². The van der Waals surface area contributed by atoms with Crippen LogP contribution in [0, 0.1) is 35.5 Å². The van der Waals surface area contributed by atoms with Crippen LogP contribution < -0.4 is 0 Å². The van der Waals surface area contributed by atoms with Crippen molar-refractivity contribution in [2.24, 2.45) is 35.5 Å². The van der Waals surface area contributed by atoms with E-state index in [0.717, 1.165) is 0 Å². The van der Waals surface area contributed by atoms with Crippen LogP contribution in [0.3, 0.4) is 0 Å². The summed E-state index contributed by atoms with van der Waals surface area (Å²) in [6.07, 6.45) is 7.83. The first-order chi connectivity index (χ1) is 30.0. The molecule has 13 atom stereocenters. The molecule has 4 heterocycles. The fraction of sp³-hybridized carbons (Fsp3) is 0.652. The lowest BCUT2D eigenvalue weighted by Crippen LogP contribution is -2.38. The Hall–Kier alpha value is -4.52. The Morgan fingerprint density at radius 3 is 2.29 bits per heavy atom. The molecule has 63 heavy (non-hydrogen) atoms. The third-order valence-electron chi connectivity index (χ3n) is 12.3. The van der Waals surface area contributed by atoms with Crippen LogP contribution in [0.2, 0.25) is 0 Å². The first kappa shape index (κ1) is 51.1. The average molecular weight is 885 g/mol. The SMILES string of the molecule is COC(CC1OC(=O)CC(O)CC(C)CC(O)C(C)C(OC)c2coc(n2)-c2coc(n2)-c2coc(n2)C=CCC(O)C1C)C(C)CCC(=O)C(C)C(OC)C(C)C=CN(C)C=O. The zero-order valence-corrected chi connectivity index (χ0v) is 38.3. The number of oxazole rings is 3. The van der Waals surface area contributed by atoms with E-state index in [1.54, 1.807) is 46.5 Å². The lowest BCUT2D eigenvalue weighted by molar-refractivity contribution is -0.159. The van der Waals surface area contributed by atoms with Gasteiger partial charge in [0.2, 0.25) is 24.1 Å². The summed E-state index contributed by atoms with van der Waals surface area (Å²) < 4.78 is 40.5. The number of methoxy groups -OCH3 is 3. The second-order valence-corrected chi connectivity index (χ2v) is 17.2. The number of esters is 1. The van der Waals surface area contributed by atoms with E-state index in [-0.39, 0.29) is 73.3 Å². The Labute approximate surface area is 370 Å². The van der Waals surface area contributed by atoms with Crippen molar-refractivity contribution in [1.29, 1.82) is 0 Å². The quantitative estimate of drug-likeness (QED) is 0.110. The Bertz CT molecular complexity index is 1920. The van der Waals surface area contributed by atoms with Gasteiger partial charge in [-0.3, -0.25) is 14.4 Å². The van der Waals surface area contributed by atoms with Crippen LogP contribution in [-0.2, 0) is 33.3 Å². The second-order valence-electron chi connectivity index (χ2n) is 17.2. The van der Waals surface area contributed by atoms with Crippen molar-refractivity contribution in [2.45, 2.75) is 129 Å². The van der Waals surface area contributed by atoms with E-state index in [4.69, 9.17) is 32.2 Å². The average Bonchev–Trinajstić information content (AvgIpc) is 4.05. The minimum Gasteiger partial charge on any atom is -0.462 e. The lowest BCUT2D eigenvalue weighted by atomic mass is 9.84. The molecule has 0 fully saturated rings. The number of aliphatic hydroxyl groups is 3. The van der Waals surface area contributed by atoms with Crippen LogP contribution in [0.25, 0.3) is 29.2 Å². The Morgan fingerprint density at radius 1 is 0.921 bits per heavy atom. The predicted octanol–water partition coefficient (Wildman–Crippen LogP) is 6.44. The summed E-state index contributed by atoms with van der Waals surface area (Å²) in [6, 6.07) is 0. The van der Waals surface area contributed by atoms with Crippen molar-refractivity contribution in [3.8, 4) is 23.2 Å². The van der Waals surface area contributed by atoms with Gasteiger partial charge in [-0.2, -0.15) is 0 Å². The molecular weight excluding hydrogens is 817 g/mol. The maximum absolute atomic E-state index is 13.5. The van der Waals surface area contributed by atoms with Gasteiger partial charge < -0.3 is 52.4 Å². The Kier molecular flexibility index (Phi) is 19.9. The normalized spacial score (nSPS) is 26.8. The molecule has 0 spiro atoms. The molecule has 0 aromatic carbocycles. The highest BCUT2D eigenvalue weighted by Gasteiger charge is 2.35. The van der Waals surface area contributed by atoms with Gasteiger partial charge >= 0.3 is 5.97 Å². The van der Waals surface area contributed by atoms with Gasteiger partial charge in [0.15, 0.2) is 11.4 Å². The van der Waals surface area contributed by atoms with Gasteiger partial charge in [-0.25, -0.2) is 15.0 Å². The molecule has 0 saturated carbocycles. The zero-order valence-electron chi connectivity index (χ0n) is 38.3. The molecule has 0 aliphatic carbocycles. The van der Waals surface area contributed by atoms with E-state index >= 15 is 0 Å². The first-order valence-corrected chi connectivity index (χ1v) is 21.7. The molecule has 3 N–H and O–H groups in total. The lowest BCUT2D eigenvalue weighted by Gasteiger charge is -2.33. The highest BCUT2D eigenvalue weighted by Crippen LogP contribution is 2.34. The molecule has 1 amide bonds. The molecule has 0 radical (unpaired) electrons. The fourth-order valence-electron chi connectivity index (χ4n) is 8.16. The topological polar surface area (TPSA) is 230 Å². The van der Waals surface area contributed by atoms with Crippen LogP contribution in [0.4, 0.5) is 0 Å². The minimum absolute atomic E-state index is 0.0189. The molecule has 6 bridgehead atoms. The number of carbonyl (C=O) groups is 3. The van der Waals surface area contributed by atoms with Crippen molar-refractivity contribution >= 4 is 24.2 Å². The number of Topliss-reactive ketones (excluding diaryl/α,β-unsaturated/α-hetero) is 1. The molecule has 13 unspecified atom stereocenters. The van der Waals surface area contributed by atoms with Gasteiger partial charge in [-0.1, -0.05) is 53.7 Å². The summed E-state index contributed by atoms with van der Waals surface area (Å²) >= 11 is 0. The zero-order chi connectivity index (χ0) is 46.4. The number of hydrogen-bond acceptors (Lipinski definition) is 16. The van der Waals surface area contributed by atoms with Crippen molar-refractivity contribution in [1.82, 2.24) is 19.9 Å². The number of cyclic esters (lactones) is 1. The number of aliphatic hydroxyl groups excluding tert-OH is 3. The van der Waals surface area contributed by atoms with Gasteiger partial charge in [0.1, 0.15) is 42.5 Å². The molecule has 350 valence electrons. The van der Waals surface area contributed by atoms with Crippen molar-refractivity contribution in [2.75, 3.05) is 28.4 Å². The third-order valence-corrected chi connectivity index (χ3v) is 12.3. The van der Waals surface area contributed by atoms with E-state index in [1.165, 1.54) is 30.8 Å². The second kappa shape index (κ2) is 24.5. The standard InChI is InChI=1S/C46H68N4O13/c1-26-18-32(52)20-42(56)63-40(21-39(57-8)27(2)14-15-37(54)30(5)43(58-9)28(3)16-17-50(7)25-51)29(4)36(53)12-11-13-41-47-34(23-60-41)45-49-35(24-62-45)46-48-33(22-61-46)44(59-10)31(6)38(55)19-26/h11,13,16-17,22-32,36,38-40,43-44,52-53,55H,12,14-15,18-21H2,1-10H3. The molecule has 17 heteroatoms. The molecule has 0 saturated heterocycles. The highest BCUT2D eigenvalue weighted by atomic mass is 16.5. The van der Waals surface area contributed by atoms with Gasteiger partial charge in [0, 0.05) is 71.1 Å². The van der Waals surface area contributed by atoms with E-state index in [9.17, 15) is 29.7 Å². The number of ketones is 1. The first-order valence-electron chi connectivity index (χ1n) is 21.7. The third kappa shape index (κ3) is 14.5. The summed E-state index contributed by atoms with van der Waals surface area (Å²) in [6.45, 7) is 11.2. The smallest absolute Gasteiger partial charge is 0.308 e. The molecule has 1 aliphatic rings. The predicted molar refractivity (Wildman–Crippen MR) is 231 cm³/mol. The van der Waals surface area contributed by atoms with Crippen LogP contribution in [-0.4, -0.2) is 118 Å². The van der Waals surface area contributed by atoms with Gasteiger partial charge in [-0.05, 0) is 43.6 Å². The number of nitrogens with zero attached hydrogens (tertiary/aromatic N) is 4. The maximum atomic E-state index is 13.5. The highest BCUT2D eigenvalue weighted by molar-refractivity contribution is 5.81. The molecular formula is C46H68N4O13. The van der Waals surface area contributed by atoms with E-state index in [1.807, 2.05) is 40.7 Å². The summed E-state index contributed by atoms with van der Waals surface area (Å²) in [5.41, 5.74) is 1.09. The number of ether oxygens (including phenoxy) is 4. The maximum Gasteiger partial charge on any atom is 0.308 e. The monoisotopic (exact) mass is 884 g/mol. The van der Waals surface area contributed by atoms with Crippen molar-refractivity contribution in [3.63, 3.8) is 0 Å². The van der Waals surface area contributed by atoms with E-state index in [2.05, 4.69) is 15.0 Å². The molecule has 3 aromatic rings. The van der Waals surface area contributed by atoms with E-state index in [0.29, 0.717) is 36.3 Å². The van der Waals surface area contributed by atoms with Gasteiger partial charge in [-0.15, -0.1) is 0 Å². The van der Waals surface area contributed by atoms with Gasteiger partial charge in [0.25, 0.3) is 0 Å². The number of carbonyl (C=O) groups excluding carboxylic acids is 3. The molecule has 3 aromatic heterocycles. The number of fused-ring (bicyclic) bond motifs is 8. The summed E-state index contributed by atoms with van der Waals surface area (Å²) in [4.78, 5) is 52.9. The van der Waals surface area contributed by atoms with Crippen LogP contribution in [0.15, 0.2) is 50.4 Å². The largest absolute Gasteiger partial charge is 0.462 e. The van der Waals surface area contributed by atoms with Crippen molar-refractivity contribution in [3.05, 3.63) is 48.7 Å². The minimum atomic E-state index is -1.06. The summed E-state index contributed by atoms with van der Waals surface area (Å²) in [5, 5.41) is 33.8. The summed E-state index contributed by atoms with van der Waals surface area (Å²) in [7, 11) is 6.28. The molecule has 17 nitrogen and oxygen atoms in total. The number of amides is 1. The molecule has 1 aliphatic heterocycles. The fourth-order valence-corrected chi connectivity index (χ4v) is 8.16. The number of rotatable bonds is 15. The number of aromatic nitrogens is 3. The Morgan fingerprint density at radius 2 is 1.60 bits per heavy atom. The van der Waals surface area contributed by atoms with Crippen LogP contribution in [0.1, 0.15) is 104 Å². The molecule has 4 rings (SSSR count). The summed E-state index contributed by atoms with van der Waals surface area (Å²) in [5.74, 6) is -1.94. The van der Waals surface area contributed by atoms with Crippen LogP contribution in [0.5, 0.6) is 0 Å².